The molecule has 126 valence electrons. The van der Waals surface area contributed by atoms with Gasteiger partial charge in [-0.3, -0.25) is 0 Å². The third-order valence-electron chi connectivity index (χ3n) is 3.39. The lowest BCUT2D eigenvalue weighted by atomic mass is 10.1. The molecule has 0 unspecified atom stereocenters. The lowest BCUT2D eigenvalue weighted by Gasteiger charge is -2.05. The van der Waals surface area contributed by atoms with Gasteiger partial charge in [-0.25, -0.2) is 8.42 Å². The number of imidazole rings is 1. The molecule has 3 aromatic rings. The van der Waals surface area contributed by atoms with Crippen LogP contribution in [0.5, 0.6) is 0 Å². The second kappa shape index (κ2) is 6.21. The molecule has 0 aliphatic heterocycles. The number of aryl methyl sites for hydroxylation is 1. The Bertz CT molecular complexity index is 990. The van der Waals surface area contributed by atoms with E-state index in [0.717, 1.165) is 5.56 Å². The quantitative estimate of drug-likeness (QED) is 0.531. The first-order valence-electron chi connectivity index (χ1n) is 6.97. The second-order valence-electron chi connectivity index (χ2n) is 5.30. The molecule has 0 aliphatic rings. The van der Waals surface area contributed by atoms with Crippen LogP contribution in [0.2, 0.25) is 0 Å². The average molecular weight is 366 g/mol. The van der Waals surface area contributed by atoms with E-state index in [4.69, 9.17) is 0 Å². The van der Waals surface area contributed by atoms with Gasteiger partial charge in [-0.05, 0) is 29.0 Å². The van der Waals surface area contributed by atoms with Gasteiger partial charge in [0.25, 0.3) is 4.96 Å². The minimum Gasteiger partial charge on any atom is -0.358 e. The fraction of sp³-hybridized carbons (Fsp3) is 0.214. The molecule has 8 nitrogen and oxygen atoms in total. The Hall–Kier alpha value is -2.46. The van der Waals surface area contributed by atoms with E-state index in [1.807, 2.05) is 0 Å². The van der Waals surface area contributed by atoms with Crippen molar-refractivity contribution < 1.29 is 13.3 Å². The molecule has 0 atom stereocenters. The zero-order valence-corrected chi connectivity index (χ0v) is 14.3. The molecular formula is C14H14N4O4S2. The molecule has 1 aromatic carbocycles. The molecule has 0 spiro atoms. The Morgan fingerprint density at radius 2 is 2.04 bits per heavy atom. The number of nitrogens with zero attached hydrogens (tertiary/aromatic N) is 3. The van der Waals surface area contributed by atoms with Gasteiger partial charge in [-0.15, -0.1) is 0 Å². The molecule has 0 amide bonds. The first-order valence-corrected chi connectivity index (χ1v) is 9.91. The van der Waals surface area contributed by atoms with Crippen molar-refractivity contribution in [2.75, 3.05) is 17.3 Å². The van der Waals surface area contributed by atoms with Crippen molar-refractivity contribution >= 4 is 43.5 Å². The molecule has 0 bridgehead atoms. The smallest absolute Gasteiger partial charge is 0.358 e. The van der Waals surface area contributed by atoms with Crippen LogP contribution < -0.4 is 5.32 Å². The molecule has 2 aromatic heterocycles. The summed E-state index contributed by atoms with van der Waals surface area (Å²) in [6, 6.07) is 7.07. The maximum Gasteiger partial charge on any atom is 0.373 e. The van der Waals surface area contributed by atoms with Crippen molar-refractivity contribution in [2.45, 2.75) is 6.42 Å². The molecule has 0 aliphatic carbocycles. The van der Waals surface area contributed by atoms with Crippen LogP contribution in [0.1, 0.15) is 5.56 Å². The second-order valence-corrected chi connectivity index (χ2v) is 8.43. The number of rotatable bonds is 6. The van der Waals surface area contributed by atoms with E-state index in [2.05, 4.69) is 10.3 Å². The van der Waals surface area contributed by atoms with Gasteiger partial charge >= 0.3 is 5.82 Å². The zero-order chi connectivity index (χ0) is 17.3. The predicted molar refractivity (Wildman–Crippen MR) is 92.9 cm³/mol. The van der Waals surface area contributed by atoms with E-state index in [-0.39, 0.29) is 17.4 Å². The highest BCUT2D eigenvalue weighted by molar-refractivity contribution is 7.90. The maximum atomic E-state index is 11.3. The third-order valence-corrected chi connectivity index (χ3v) is 5.09. The van der Waals surface area contributed by atoms with Gasteiger partial charge in [0.2, 0.25) is 5.82 Å². The van der Waals surface area contributed by atoms with Crippen molar-refractivity contribution in [1.82, 2.24) is 9.38 Å². The number of nitro groups is 1. The summed E-state index contributed by atoms with van der Waals surface area (Å²) in [5.74, 6) is 0.144. The number of fused-ring (bicyclic) bond motifs is 1. The van der Waals surface area contributed by atoms with Crippen LogP contribution in [0.4, 0.5) is 17.3 Å². The Morgan fingerprint density at radius 3 is 2.67 bits per heavy atom. The molecule has 0 saturated heterocycles. The zero-order valence-electron chi connectivity index (χ0n) is 12.7. The number of thiazole rings is 1. The molecule has 2 heterocycles. The molecule has 0 fully saturated rings. The molecule has 10 heteroatoms. The Labute approximate surface area is 141 Å². The van der Waals surface area contributed by atoms with Crippen molar-refractivity contribution in [1.29, 1.82) is 0 Å². The molecule has 0 saturated carbocycles. The van der Waals surface area contributed by atoms with Crippen molar-refractivity contribution in [3.8, 4) is 0 Å². The summed E-state index contributed by atoms with van der Waals surface area (Å²) in [5, 5.41) is 15.9. The van der Waals surface area contributed by atoms with Crippen LogP contribution in [-0.4, -0.2) is 34.7 Å². The first kappa shape index (κ1) is 16.4. The summed E-state index contributed by atoms with van der Waals surface area (Å²) in [5.41, 5.74) is 1.53. The normalized spacial score (nSPS) is 11.7. The van der Waals surface area contributed by atoms with Gasteiger partial charge < -0.3 is 15.4 Å². The number of hydrogen-bond acceptors (Lipinski definition) is 7. The third kappa shape index (κ3) is 3.54. The molecule has 1 N–H and O–H groups in total. The van der Waals surface area contributed by atoms with E-state index >= 15 is 0 Å². The standard InChI is InChI=1S/C14H14N4O4S2/c1-24(21,22)9-6-10-2-4-11(5-3-10)15-12-13(18(19)20)17-7-8-23-14(17)16-12/h2-5,7-8,15H,6,9H2,1H3. The lowest BCUT2D eigenvalue weighted by Crippen LogP contribution is -2.05. The minimum atomic E-state index is -3.01. The van der Waals surface area contributed by atoms with Gasteiger partial charge in [-0.1, -0.05) is 23.5 Å². The summed E-state index contributed by atoms with van der Waals surface area (Å²) in [7, 11) is -3.01. The Balaban J connectivity index is 1.80. The van der Waals surface area contributed by atoms with Gasteiger partial charge in [0.05, 0.1) is 5.75 Å². The highest BCUT2D eigenvalue weighted by Gasteiger charge is 2.23. The number of hydrogen-bond donors (Lipinski definition) is 1. The van der Waals surface area contributed by atoms with E-state index in [1.54, 1.807) is 35.8 Å². The van der Waals surface area contributed by atoms with Crippen LogP contribution >= 0.6 is 11.3 Å². The monoisotopic (exact) mass is 366 g/mol. The number of aromatic nitrogens is 2. The van der Waals surface area contributed by atoms with E-state index in [1.165, 1.54) is 22.0 Å². The molecule has 3 rings (SSSR count). The Morgan fingerprint density at radius 1 is 1.33 bits per heavy atom. The van der Waals surface area contributed by atoms with E-state index < -0.39 is 14.8 Å². The van der Waals surface area contributed by atoms with Gasteiger partial charge in [0.15, 0.2) is 0 Å². The average Bonchev–Trinajstić information content (AvgIpc) is 3.05. The fourth-order valence-electron chi connectivity index (χ4n) is 2.23. The van der Waals surface area contributed by atoms with Crippen molar-refractivity contribution in [2.24, 2.45) is 0 Å². The molecule has 24 heavy (non-hydrogen) atoms. The van der Waals surface area contributed by atoms with Gasteiger partial charge in [0.1, 0.15) is 16.0 Å². The number of anilines is 2. The van der Waals surface area contributed by atoms with E-state index in [9.17, 15) is 18.5 Å². The van der Waals surface area contributed by atoms with Crippen LogP contribution in [-0.2, 0) is 16.3 Å². The van der Waals surface area contributed by atoms with Gasteiger partial charge in [0, 0.05) is 17.3 Å². The number of sulfone groups is 1. The largest absolute Gasteiger partial charge is 0.373 e. The van der Waals surface area contributed by atoms with Crippen LogP contribution in [0.25, 0.3) is 4.96 Å². The summed E-state index contributed by atoms with van der Waals surface area (Å²) in [6.45, 7) is 0. The highest BCUT2D eigenvalue weighted by atomic mass is 32.2. The first-order chi connectivity index (χ1) is 11.3. The van der Waals surface area contributed by atoms with Crippen LogP contribution in [0.3, 0.4) is 0 Å². The number of nitrogens with one attached hydrogen (secondary N) is 1. The molecule has 0 radical (unpaired) electrons. The van der Waals surface area contributed by atoms with E-state index in [0.29, 0.717) is 17.1 Å². The number of benzene rings is 1. The van der Waals surface area contributed by atoms with Crippen LogP contribution in [0.15, 0.2) is 35.8 Å². The van der Waals surface area contributed by atoms with Crippen molar-refractivity contribution in [3.05, 3.63) is 51.5 Å². The maximum absolute atomic E-state index is 11.3. The highest BCUT2D eigenvalue weighted by Crippen LogP contribution is 2.30. The summed E-state index contributed by atoms with van der Waals surface area (Å²) in [6.07, 6.45) is 3.23. The summed E-state index contributed by atoms with van der Waals surface area (Å²) < 4.78 is 23.8. The van der Waals surface area contributed by atoms with Crippen molar-refractivity contribution in [3.63, 3.8) is 0 Å². The lowest BCUT2D eigenvalue weighted by molar-refractivity contribution is -0.389. The minimum absolute atomic E-state index is 0.0859. The predicted octanol–water partition coefficient (Wildman–Crippen LogP) is 2.63. The van der Waals surface area contributed by atoms with Crippen LogP contribution in [0, 0.1) is 10.1 Å². The molecular weight excluding hydrogens is 352 g/mol. The topological polar surface area (TPSA) is 107 Å². The Kier molecular flexibility index (Phi) is 4.24. The fourth-order valence-corrected chi connectivity index (χ4v) is 3.54. The SMILES string of the molecule is CS(=O)(=O)CCc1ccc(Nc2nc3sccn3c2[N+](=O)[O-])cc1. The summed E-state index contributed by atoms with van der Waals surface area (Å²) in [4.78, 5) is 15.6. The summed E-state index contributed by atoms with van der Waals surface area (Å²) >= 11 is 1.31. The van der Waals surface area contributed by atoms with Gasteiger partial charge in [-0.2, -0.15) is 9.38 Å².